The van der Waals surface area contributed by atoms with Crippen molar-refractivity contribution in [3.8, 4) is 0 Å². The zero-order valence-corrected chi connectivity index (χ0v) is 13.9. The van der Waals surface area contributed by atoms with E-state index >= 15 is 0 Å². The Morgan fingerprint density at radius 2 is 1.81 bits per heavy atom. The fourth-order valence-corrected chi connectivity index (χ4v) is 2.70. The second-order valence-electron chi connectivity index (χ2n) is 5.74. The first-order valence-electron chi connectivity index (χ1n) is 7.94. The summed E-state index contributed by atoms with van der Waals surface area (Å²) in [6, 6.07) is 5.34. The molecule has 1 aliphatic rings. The van der Waals surface area contributed by atoms with Crippen LogP contribution in [-0.2, 0) is 4.74 Å². The first kappa shape index (κ1) is 18.6. The predicted molar refractivity (Wildman–Crippen MR) is 90.4 cm³/mol. The molecule has 0 aromatic heterocycles. The lowest BCUT2D eigenvalue weighted by Crippen LogP contribution is -2.36. The Balaban J connectivity index is 1.88. The van der Waals surface area contributed by atoms with Crippen LogP contribution in [0.2, 0.25) is 0 Å². The molecule has 2 aromatic carbocycles. The van der Waals surface area contributed by atoms with E-state index < -0.39 is 34.0 Å². The summed E-state index contributed by atoms with van der Waals surface area (Å²) in [5, 5.41) is 13.5. The molecule has 7 nitrogen and oxygen atoms in total. The molecule has 0 bridgehead atoms. The van der Waals surface area contributed by atoms with Gasteiger partial charge in [-0.25, -0.2) is 13.2 Å². The highest BCUT2D eigenvalue weighted by Crippen LogP contribution is 2.30. The number of benzene rings is 2. The quantitative estimate of drug-likeness (QED) is 0.500. The number of carbonyl (C=O) groups is 1. The minimum absolute atomic E-state index is 0.122. The smallest absolute Gasteiger partial charge is 0.293 e. The molecule has 142 valence electrons. The minimum atomic E-state index is -1.72. The van der Waals surface area contributed by atoms with Crippen molar-refractivity contribution in [2.75, 3.05) is 36.5 Å². The van der Waals surface area contributed by atoms with Crippen molar-refractivity contribution in [1.29, 1.82) is 0 Å². The van der Waals surface area contributed by atoms with Gasteiger partial charge in [0.2, 0.25) is 0 Å². The fourth-order valence-electron chi connectivity index (χ4n) is 2.70. The number of nitrogens with one attached hydrogen (secondary N) is 1. The second-order valence-corrected chi connectivity index (χ2v) is 5.74. The first-order chi connectivity index (χ1) is 12.9. The molecule has 27 heavy (non-hydrogen) atoms. The van der Waals surface area contributed by atoms with Gasteiger partial charge in [0.15, 0.2) is 17.5 Å². The van der Waals surface area contributed by atoms with Gasteiger partial charge in [0, 0.05) is 24.7 Å². The molecule has 2 aromatic rings. The van der Waals surface area contributed by atoms with E-state index in [1.54, 1.807) is 4.90 Å². The number of rotatable bonds is 4. The number of hydrogen-bond acceptors (Lipinski definition) is 5. The van der Waals surface area contributed by atoms with E-state index in [1.807, 2.05) is 0 Å². The van der Waals surface area contributed by atoms with Crippen LogP contribution in [0.1, 0.15) is 10.4 Å². The molecule has 1 fully saturated rings. The van der Waals surface area contributed by atoms with Gasteiger partial charge in [0.1, 0.15) is 5.69 Å². The van der Waals surface area contributed by atoms with Crippen molar-refractivity contribution < 1.29 is 27.6 Å². The molecule has 0 radical (unpaired) electrons. The van der Waals surface area contributed by atoms with E-state index in [0.717, 1.165) is 12.1 Å². The largest absolute Gasteiger partial charge is 0.378 e. The summed E-state index contributed by atoms with van der Waals surface area (Å²) in [6.07, 6.45) is 0. The van der Waals surface area contributed by atoms with Gasteiger partial charge in [0.25, 0.3) is 11.6 Å². The number of morpholine rings is 1. The highest BCUT2D eigenvalue weighted by atomic mass is 19.2. The number of nitrogens with zero attached hydrogens (tertiary/aromatic N) is 2. The molecule has 0 spiro atoms. The van der Waals surface area contributed by atoms with Crippen molar-refractivity contribution in [3.63, 3.8) is 0 Å². The Kier molecular flexibility index (Phi) is 5.26. The normalized spacial score (nSPS) is 14.1. The summed E-state index contributed by atoms with van der Waals surface area (Å²) in [7, 11) is 0. The summed E-state index contributed by atoms with van der Waals surface area (Å²) in [5.74, 6) is -5.56. The van der Waals surface area contributed by atoms with Crippen LogP contribution in [0.4, 0.5) is 30.2 Å². The summed E-state index contributed by atoms with van der Waals surface area (Å²) >= 11 is 0. The number of anilines is 2. The molecular formula is C17H14F3N3O4. The van der Waals surface area contributed by atoms with Crippen LogP contribution in [0.25, 0.3) is 0 Å². The number of nitro benzene ring substituents is 1. The third kappa shape index (κ3) is 3.85. The fraction of sp³-hybridized carbons (Fsp3) is 0.235. The zero-order chi connectivity index (χ0) is 19.6. The number of halogens is 3. The average molecular weight is 381 g/mol. The van der Waals surface area contributed by atoms with Crippen LogP contribution in [0.5, 0.6) is 0 Å². The minimum Gasteiger partial charge on any atom is -0.378 e. The van der Waals surface area contributed by atoms with Crippen LogP contribution in [0.15, 0.2) is 30.3 Å². The van der Waals surface area contributed by atoms with E-state index in [9.17, 15) is 28.1 Å². The first-order valence-corrected chi connectivity index (χ1v) is 7.94. The molecule has 1 amide bonds. The zero-order valence-electron chi connectivity index (χ0n) is 13.9. The van der Waals surface area contributed by atoms with E-state index in [1.165, 1.54) is 12.1 Å². The van der Waals surface area contributed by atoms with Gasteiger partial charge in [-0.2, -0.15) is 0 Å². The maximum absolute atomic E-state index is 13.7. The van der Waals surface area contributed by atoms with Gasteiger partial charge in [-0.15, -0.1) is 0 Å². The van der Waals surface area contributed by atoms with E-state index in [0.29, 0.717) is 38.1 Å². The maximum Gasteiger partial charge on any atom is 0.293 e. The SMILES string of the molecule is O=C(Nc1ccc(F)c(F)c1F)c1ccc(N2CCOCC2)c([N+](=O)[O-])c1. The molecule has 1 N–H and O–H groups in total. The average Bonchev–Trinajstić information content (AvgIpc) is 2.68. The molecule has 0 aliphatic carbocycles. The Labute approximate surface area is 151 Å². The molecule has 1 aliphatic heterocycles. The third-order valence-corrected chi connectivity index (χ3v) is 4.07. The molecule has 3 rings (SSSR count). The van der Waals surface area contributed by atoms with E-state index in [4.69, 9.17) is 4.74 Å². The monoisotopic (exact) mass is 381 g/mol. The van der Waals surface area contributed by atoms with Gasteiger partial charge in [-0.3, -0.25) is 14.9 Å². The third-order valence-electron chi connectivity index (χ3n) is 4.07. The van der Waals surface area contributed by atoms with Gasteiger partial charge in [-0.05, 0) is 24.3 Å². The Bertz CT molecular complexity index is 901. The number of hydrogen-bond donors (Lipinski definition) is 1. The lowest BCUT2D eigenvalue weighted by molar-refractivity contribution is -0.384. The summed E-state index contributed by atoms with van der Waals surface area (Å²) in [5.41, 5.74) is -0.657. The standard InChI is InChI=1S/C17H14F3N3O4/c18-11-2-3-12(16(20)15(11)19)21-17(24)10-1-4-13(14(9-10)23(25)26)22-5-7-27-8-6-22/h1-4,9H,5-8H2,(H,21,24). The van der Waals surface area contributed by atoms with Gasteiger partial charge in [0.05, 0.1) is 23.8 Å². The summed E-state index contributed by atoms with van der Waals surface area (Å²) in [6.45, 7) is 1.78. The number of ether oxygens (including phenoxy) is 1. The predicted octanol–water partition coefficient (Wildman–Crippen LogP) is 3.10. The summed E-state index contributed by atoms with van der Waals surface area (Å²) in [4.78, 5) is 24.8. The van der Waals surface area contributed by atoms with Gasteiger partial charge < -0.3 is 15.0 Å². The highest BCUT2D eigenvalue weighted by molar-refractivity contribution is 6.05. The second kappa shape index (κ2) is 7.62. The van der Waals surface area contributed by atoms with Crippen LogP contribution in [0.3, 0.4) is 0 Å². The summed E-state index contributed by atoms with van der Waals surface area (Å²) < 4.78 is 45.1. The van der Waals surface area contributed by atoms with Gasteiger partial charge >= 0.3 is 0 Å². The highest BCUT2D eigenvalue weighted by Gasteiger charge is 2.24. The molecule has 10 heteroatoms. The molecule has 1 heterocycles. The van der Waals surface area contributed by atoms with Crippen LogP contribution >= 0.6 is 0 Å². The Morgan fingerprint density at radius 3 is 2.48 bits per heavy atom. The van der Waals surface area contributed by atoms with Crippen LogP contribution < -0.4 is 10.2 Å². The molecular weight excluding hydrogens is 367 g/mol. The number of amides is 1. The molecule has 0 unspecified atom stereocenters. The number of carbonyl (C=O) groups excluding carboxylic acids is 1. The van der Waals surface area contributed by atoms with Crippen LogP contribution in [-0.4, -0.2) is 37.1 Å². The van der Waals surface area contributed by atoms with E-state index in [-0.39, 0.29) is 11.3 Å². The Hall–Kier alpha value is -3.14. The van der Waals surface area contributed by atoms with Crippen molar-refractivity contribution in [2.45, 2.75) is 0 Å². The van der Waals surface area contributed by atoms with Crippen molar-refractivity contribution in [1.82, 2.24) is 0 Å². The maximum atomic E-state index is 13.7. The van der Waals surface area contributed by atoms with Crippen molar-refractivity contribution in [3.05, 3.63) is 63.5 Å². The molecule has 1 saturated heterocycles. The lowest BCUT2D eigenvalue weighted by Gasteiger charge is -2.28. The number of nitro groups is 1. The van der Waals surface area contributed by atoms with Crippen molar-refractivity contribution >= 4 is 23.0 Å². The topological polar surface area (TPSA) is 84.7 Å². The lowest BCUT2D eigenvalue weighted by atomic mass is 10.1. The Morgan fingerprint density at radius 1 is 1.11 bits per heavy atom. The molecule has 0 saturated carbocycles. The van der Waals surface area contributed by atoms with Gasteiger partial charge in [-0.1, -0.05) is 0 Å². The van der Waals surface area contributed by atoms with Crippen LogP contribution in [0, 0.1) is 27.6 Å². The van der Waals surface area contributed by atoms with E-state index in [2.05, 4.69) is 5.32 Å². The van der Waals surface area contributed by atoms with Crippen molar-refractivity contribution in [2.24, 2.45) is 0 Å². The molecule has 0 atom stereocenters.